The molecule has 0 spiro atoms. The molecule has 3 heteroatoms. The van der Waals surface area contributed by atoms with Gasteiger partial charge in [-0.25, -0.2) is 4.79 Å². The van der Waals surface area contributed by atoms with Crippen molar-refractivity contribution in [1.29, 1.82) is 0 Å². The average Bonchev–Trinajstić information content (AvgIpc) is 2.50. The molecule has 0 saturated carbocycles. The summed E-state index contributed by atoms with van der Waals surface area (Å²) in [7, 11) is 1.99. The van der Waals surface area contributed by atoms with Gasteiger partial charge in [-0.3, -0.25) is 0 Å². The molecule has 1 heterocycles. The lowest BCUT2D eigenvalue weighted by Gasteiger charge is -2.06. The molecule has 0 aliphatic rings. The number of aromatic carboxylic acids is 1. The summed E-state index contributed by atoms with van der Waals surface area (Å²) in [6.45, 7) is 8.28. The smallest absolute Gasteiger partial charge is 0.336 e. The Morgan fingerprint density at radius 1 is 1.28 bits per heavy atom. The van der Waals surface area contributed by atoms with Crippen LogP contribution in [0.5, 0.6) is 0 Å². The first-order chi connectivity index (χ1) is 8.34. The third-order valence-electron chi connectivity index (χ3n) is 3.69. The maximum Gasteiger partial charge on any atom is 0.336 e. The van der Waals surface area contributed by atoms with E-state index in [0.717, 1.165) is 11.1 Å². The van der Waals surface area contributed by atoms with Gasteiger partial charge in [0.05, 0.1) is 5.56 Å². The van der Waals surface area contributed by atoms with Crippen molar-refractivity contribution in [2.45, 2.75) is 33.6 Å². The van der Waals surface area contributed by atoms with Gasteiger partial charge in [0.25, 0.3) is 0 Å². The van der Waals surface area contributed by atoms with Gasteiger partial charge in [0.1, 0.15) is 0 Å². The van der Waals surface area contributed by atoms with Crippen molar-refractivity contribution >= 4 is 16.9 Å². The maximum absolute atomic E-state index is 11.2. The molecule has 0 aliphatic heterocycles. The predicted octanol–water partition coefficient (Wildman–Crippen LogP) is 3.62. The molecule has 0 atom stereocenters. The summed E-state index contributed by atoms with van der Waals surface area (Å²) in [4.78, 5) is 11.2. The van der Waals surface area contributed by atoms with Gasteiger partial charge in [-0.1, -0.05) is 13.8 Å². The van der Waals surface area contributed by atoms with Crippen LogP contribution in [0.1, 0.15) is 46.9 Å². The van der Waals surface area contributed by atoms with E-state index in [1.807, 2.05) is 20.0 Å². The second kappa shape index (κ2) is 4.16. The van der Waals surface area contributed by atoms with Crippen LogP contribution in [-0.2, 0) is 7.05 Å². The average molecular weight is 245 g/mol. The first kappa shape index (κ1) is 12.7. The summed E-state index contributed by atoms with van der Waals surface area (Å²) in [5.41, 5.74) is 4.73. The zero-order valence-electron chi connectivity index (χ0n) is 11.5. The van der Waals surface area contributed by atoms with Crippen LogP contribution in [-0.4, -0.2) is 15.6 Å². The van der Waals surface area contributed by atoms with Gasteiger partial charge in [-0.15, -0.1) is 0 Å². The van der Waals surface area contributed by atoms with E-state index in [4.69, 9.17) is 0 Å². The standard InChI is InChI=1S/C15H19NO2/c1-8(2)14-10(4)16(5)13-7-11(15(17)18)9(3)6-12(13)14/h6-8H,1-5H3,(H,17,18). The Balaban J connectivity index is 2.89. The summed E-state index contributed by atoms with van der Waals surface area (Å²) in [5.74, 6) is -0.428. The molecule has 1 aromatic carbocycles. The SMILES string of the molecule is Cc1cc2c(C(C)C)c(C)n(C)c2cc1C(=O)O. The molecule has 0 saturated heterocycles. The van der Waals surface area contributed by atoms with E-state index in [1.165, 1.54) is 16.6 Å². The molecule has 0 fully saturated rings. The van der Waals surface area contributed by atoms with Crippen LogP contribution < -0.4 is 0 Å². The number of nitrogens with zero attached hydrogens (tertiary/aromatic N) is 1. The molecule has 1 N–H and O–H groups in total. The summed E-state index contributed by atoms with van der Waals surface area (Å²) in [6.07, 6.45) is 0. The molecular weight excluding hydrogens is 226 g/mol. The van der Waals surface area contributed by atoms with Crippen LogP contribution in [0, 0.1) is 13.8 Å². The van der Waals surface area contributed by atoms with Crippen LogP contribution in [0.25, 0.3) is 10.9 Å². The van der Waals surface area contributed by atoms with Crippen LogP contribution in [0.4, 0.5) is 0 Å². The molecule has 18 heavy (non-hydrogen) atoms. The van der Waals surface area contributed by atoms with Gasteiger partial charge in [0.15, 0.2) is 0 Å². The van der Waals surface area contributed by atoms with E-state index < -0.39 is 5.97 Å². The molecule has 2 rings (SSSR count). The lowest BCUT2D eigenvalue weighted by Crippen LogP contribution is -2.00. The molecule has 0 bridgehead atoms. The number of fused-ring (bicyclic) bond motifs is 1. The summed E-state index contributed by atoms with van der Waals surface area (Å²) in [5, 5.41) is 10.4. The maximum atomic E-state index is 11.2. The van der Waals surface area contributed by atoms with Crippen molar-refractivity contribution in [1.82, 2.24) is 4.57 Å². The van der Waals surface area contributed by atoms with E-state index in [1.54, 1.807) is 6.07 Å². The number of carbonyl (C=O) groups is 1. The van der Waals surface area contributed by atoms with Gasteiger partial charge in [-0.05, 0) is 43.0 Å². The number of aromatic nitrogens is 1. The number of benzene rings is 1. The highest BCUT2D eigenvalue weighted by molar-refractivity contribution is 5.97. The summed E-state index contributed by atoms with van der Waals surface area (Å²) in [6, 6.07) is 3.78. The number of carboxylic acids is 1. The normalized spacial score (nSPS) is 11.4. The first-order valence-electron chi connectivity index (χ1n) is 6.17. The molecule has 0 amide bonds. The monoisotopic (exact) mass is 245 g/mol. The molecule has 0 unspecified atom stereocenters. The van der Waals surface area contributed by atoms with Crippen LogP contribution in [0.15, 0.2) is 12.1 Å². The number of hydrogen-bond acceptors (Lipinski definition) is 1. The highest BCUT2D eigenvalue weighted by atomic mass is 16.4. The van der Waals surface area contributed by atoms with Gasteiger partial charge >= 0.3 is 5.97 Å². The minimum Gasteiger partial charge on any atom is -0.478 e. The van der Waals surface area contributed by atoms with Gasteiger partial charge in [0.2, 0.25) is 0 Å². The Morgan fingerprint density at radius 2 is 1.89 bits per heavy atom. The Morgan fingerprint density at radius 3 is 2.39 bits per heavy atom. The number of rotatable bonds is 2. The molecule has 1 aromatic heterocycles. The summed E-state index contributed by atoms with van der Waals surface area (Å²) < 4.78 is 2.08. The molecule has 3 nitrogen and oxygen atoms in total. The lowest BCUT2D eigenvalue weighted by molar-refractivity contribution is 0.0696. The quantitative estimate of drug-likeness (QED) is 0.878. The lowest BCUT2D eigenvalue weighted by atomic mass is 9.97. The molecular formula is C15H19NO2. The number of hydrogen-bond donors (Lipinski definition) is 1. The van der Waals surface area contributed by atoms with Crippen molar-refractivity contribution in [3.63, 3.8) is 0 Å². The fraction of sp³-hybridized carbons (Fsp3) is 0.400. The number of aryl methyl sites for hydroxylation is 2. The van der Waals surface area contributed by atoms with Crippen LogP contribution in [0.3, 0.4) is 0 Å². The molecule has 2 aromatic rings. The van der Waals surface area contributed by atoms with E-state index in [2.05, 4.69) is 25.3 Å². The molecule has 96 valence electrons. The van der Waals surface area contributed by atoms with E-state index >= 15 is 0 Å². The first-order valence-corrected chi connectivity index (χ1v) is 6.17. The van der Waals surface area contributed by atoms with E-state index in [0.29, 0.717) is 11.5 Å². The summed E-state index contributed by atoms with van der Waals surface area (Å²) >= 11 is 0. The zero-order chi connectivity index (χ0) is 13.6. The van der Waals surface area contributed by atoms with Crippen molar-refractivity contribution in [3.05, 3.63) is 34.5 Å². The van der Waals surface area contributed by atoms with E-state index in [9.17, 15) is 9.90 Å². The fourth-order valence-corrected chi connectivity index (χ4v) is 2.71. The van der Waals surface area contributed by atoms with Crippen molar-refractivity contribution < 1.29 is 9.90 Å². The van der Waals surface area contributed by atoms with Crippen LogP contribution >= 0.6 is 0 Å². The highest BCUT2D eigenvalue weighted by Crippen LogP contribution is 2.32. The van der Waals surface area contributed by atoms with Crippen LogP contribution in [0.2, 0.25) is 0 Å². The third-order valence-corrected chi connectivity index (χ3v) is 3.69. The minimum atomic E-state index is -0.862. The van der Waals surface area contributed by atoms with Gasteiger partial charge < -0.3 is 9.67 Å². The topological polar surface area (TPSA) is 42.2 Å². The largest absolute Gasteiger partial charge is 0.478 e. The second-order valence-electron chi connectivity index (χ2n) is 5.20. The fourth-order valence-electron chi connectivity index (χ4n) is 2.71. The van der Waals surface area contributed by atoms with Gasteiger partial charge in [-0.2, -0.15) is 0 Å². The molecule has 0 radical (unpaired) electrons. The predicted molar refractivity (Wildman–Crippen MR) is 73.4 cm³/mol. The molecule has 0 aliphatic carbocycles. The highest BCUT2D eigenvalue weighted by Gasteiger charge is 2.17. The Bertz CT molecular complexity index is 636. The Kier molecular flexibility index (Phi) is 2.93. The third kappa shape index (κ3) is 1.70. The Labute approximate surface area is 107 Å². The minimum absolute atomic E-state index is 0.387. The van der Waals surface area contributed by atoms with Crippen molar-refractivity contribution in [3.8, 4) is 0 Å². The number of carboxylic acid groups (broad SMARTS) is 1. The van der Waals surface area contributed by atoms with Crippen molar-refractivity contribution in [2.24, 2.45) is 7.05 Å². The zero-order valence-corrected chi connectivity index (χ0v) is 11.5. The van der Waals surface area contributed by atoms with E-state index in [-0.39, 0.29) is 0 Å². The van der Waals surface area contributed by atoms with Crippen molar-refractivity contribution in [2.75, 3.05) is 0 Å². The second-order valence-corrected chi connectivity index (χ2v) is 5.20. The van der Waals surface area contributed by atoms with Gasteiger partial charge in [0, 0.05) is 23.6 Å². The Hall–Kier alpha value is -1.77.